The third-order valence-electron chi connectivity index (χ3n) is 3.66. The van der Waals surface area contributed by atoms with Crippen molar-refractivity contribution in [2.45, 2.75) is 48.1 Å². The number of oxime groups is 1. The number of hydrogen-bond donors (Lipinski definition) is 0. The molecule has 152 valence electrons. The van der Waals surface area contributed by atoms with Gasteiger partial charge in [-0.25, -0.2) is 9.97 Å². The molecule has 0 aliphatic carbocycles. The van der Waals surface area contributed by atoms with Crippen LogP contribution in [0.25, 0.3) is 0 Å². The number of benzene rings is 1. The smallest absolute Gasteiger partial charge is 0.176 e. The van der Waals surface area contributed by atoms with Crippen molar-refractivity contribution in [3.05, 3.63) is 59.2 Å². The molecule has 0 spiro atoms. The van der Waals surface area contributed by atoms with Gasteiger partial charge in [0.25, 0.3) is 0 Å². The summed E-state index contributed by atoms with van der Waals surface area (Å²) in [6.07, 6.45) is 7.40. The molecule has 1 aromatic heterocycles. The second-order valence-corrected chi connectivity index (χ2v) is 5.83. The van der Waals surface area contributed by atoms with Crippen LogP contribution in [0.1, 0.15) is 50.2 Å². The predicted octanol–water partition coefficient (Wildman–Crippen LogP) is 5.02. The maximum absolute atomic E-state index is 5.98. The zero-order chi connectivity index (χ0) is 20.9. The molecule has 28 heavy (non-hydrogen) atoms. The van der Waals surface area contributed by atoms with Crippen LogP contribution in [-0.4, -0.2) is 29.4 Å². The Morgan fingerprint density at radius 1 is 1.07 bits per heavy atom. The zero-order valence-electron chi connectivity index (χ0n) is 17.9. The van der Waals surface area contributed by atoms with Crippen LogP contribution in [-0.2, 0) is 11.4 Å². The van der Waals surface area contributed by atoms with Gasteiger partial charge in [-0.3, -0.25) is 0 Å². The van der Waals surface area contributed by atoms with E-state index in [1.807, 2.05) is 58.9 Å². The first kappa shape index (κ1) is 23.1. The lowest BCUT2D eigenvalue weighted by Crippen LogP contribution is -2.06. The maximum atomic E-state index is 5.98. The molecule has 0 atom stereocenters. The second kappa shape index (κ2) is 12.5. The monoisotopic (exact) mass is 385 g/mol. The van der Waals surface area contributed by atoms with Gasteiger partial charge in [0.05, 0.1) is 0 Å². The van der Waals surface area contributed by atoms with Gasteiger partial charge in [-0.2, -0.15) is 0 Å². The largest absolute Gasteiger partial charge is 0.490 e. The first-order valence-electron chi connectivity index (χ1n) is 9.42. The van der Waals surface area contributed by atoms with E-state index in [1.165, 1.54) is 7.11 Å². The first-order valence-corrected chi connectivity index (χ1v) is 9.42. The molecule has 0 amide bonds. The van der Waals surface area contributed by atoms with E-state index in [-0.39, 0.29) is 0 Å². The van der Waals surface area contributed by atoms with Gasteiger partial charge >= 0.3 is 0 Å². The molecule has 1 heterocycles. The van der Waals surface area contributed by atoms with Gasteiger partial charge in [0, 0.05) is 18.0 Å². The van der Waals surface area contributed by atoms with E-state index < -0.39 is 0 Å². The highest BCUT2D eigenvalue weighted by molar-refractivity contribution is 5.94. The van der Waals surface area contributed by atoms with Crippen molar-refractivity contribution in [2.24, 2.45) is 5.16 Å². The molecule has 0 saturated carbocycles. The van der Waals surface area contributed by atoms with E-state index in [2.05, 4.69) is 15.1 Å². The maximum Gasteiger partial charge on any atom is 0.176 e. The lowest BCUT2D eigenvalue weighted by molar-refractivity contribution is 0.213. The molecule has 1 aromatic carbocycles. The molecule has 0 bridgehead atoms. The van der Waals surface area contributed by atoms with E-state index >= 15 is 0 Å². The van der Waals surface area contributed by atoms with Gasteiger partial charge < -0.3 is 14.3 Å². The van der Waals surface area contributed by atoms with Gasteiger partial charge in [0.1, 0.15) is 37.5 Å². The van der Waals surface area contributed by atoms with Crippen LogP contribution in [0, 0.1) is 13.8 Å². The van der Waals surface area contributed by atoms with Gasteiger partial charge in [-0.15, -0.1) is 0 Å². The Morgan fingerprint density at radius 2 is 1.68 bits per heavy atom. The number of allylic oxidation sites excluding steroid dienone is 1. The highest BCUT2D eigenvalue weighted by Crippen LogP contribution is 2.29. The standard InChI is InChI=1S/C20H25N3O3.C2H6/c1-6-7-8-25-18-9-14(2)19(15(3)10-18)26-13-17-11-21-20(22-12-17)16(4)23-24-5;1-2/h6-7,9-12H,8,13H2,1-5H3;1-2H3/b7-6+,23-16?;. The summed E-state index contributed by atoms with van der Waals surface area (Å²) in [5.74, 6) is 2.22. The summed E-state index contributed by atoms with van der Waals surface area (Å²) < 4.78 is 11.7. The van der Waals surface area contributed by atoms with Crippen molar-refractivity contribution in [1.82, 2.24) is 9.97 Å². The normalized spacial score (nSPS) is 11.0. The molecule has 0 fully saturated rings. The summed E-state index contributed by atoms with van der Waals surface area (Å²) in [7, 11) is 1.49. The Hall–Kier alpha value is -2.89. The minimum Gasteiger partial charge on any atom is -0.490 e. The third kappa shape index (κ3) is 7.02. The highest BCUT2D eigenvalue weighted by Gasteiger charge is 2.09. The quantitative estimate of drug-likeness (QED) is 0.362. The minimum atomic E-state index is 0.390. The first-order chi connectivity index (χ1) is 13.5. The molecular weight excluding hydrogens is 354 g/mol. The molecular formula is C22H31N3O3. The van der Waals surface area contributed by atoms with Gasteiger partial charge in [0.2, 0.25) is 0 Å². The number of nitrogens with zero attached hydrogens (tertiary/aromatic N) is 3. The van der Waals surface area contributed by atoms with E-state index in [0.717, 1.165) is 28.2 Å². The summed E-state index contributed by atoms with van der Waals surface area (Å²) in [4.78, 5) is 13.3. The summed E-state index contributed by atoms with van der Waals surface area (Å²) >= 11 is 0. The highest BCUT2D eigenvalue weighted by atomic mass is 16.6. The van der Waals surface area contributed by atoms with Gasteiger partial charge in [-0.05, 0) is 51.0 Å². The van der Waals surface area contributed by atoms with Crippen LogP contribution < -0.4 is 9.47 Å². The van der Waals surface area contributed by atoms with E-state index in [4.69, 9.17) is 14.3 Å². The van der Waals surface area contributed by atoms with Crippen LogP contribution >= 0.6 is 0 Å². The zero-order valence-corrected chi connectivity index (χ0v) is 17.9. The van der Waals surface area contributed by atoms with Crippen molar-refractivity contribution >= 4 is 5.71 Å². The Kier molecular flexibility index (Phi) is 10.3. The topological polar surface area (TPSA) is 65.8 Å². The molecule has 0 aliphatic rings. The SMILES string of the molecule is C/C=C/COc1cc(C)c(OCc2cnc(C(C)=NOC)nc2)c(C)c1.CC. The molecule has 0 radical (unpaired) electrons. The van der Waals surface area contributed by atoms with E-state index in [1.54, 1.807) is 19.3 Å². The molecule has 0 saturated heterocycles. The molecule has 0 unspecified atom stereocenters. The van der Waals surface area contributed by atoms with Crippen LogP contribution in [0.5, 0.6) is 11.5 Å². The van der Waals surface area contributed by atoms with Crippen molar-refractivity contribution < 1.29 is 14.3 Å². The van der Waals surface area contributed by atoms with Crippen LogP contribution in [0.2, 0.25) is 0 Å². The van der Waals surface area contributed by atoms with Gasteiger partial charge in [-0.1, -0.05) is 31.2 Å². The molecule has 0 aliphatic heterocycles. The summed E-state index contributed by atoms with van der Waals surface area (Å²) in [6, 6.07) is 3.96. The molecule has 2 aromatic rings. The lowest BCUT2D eigenvalue weighted by atomic mass is 10.1. The van der Waals surface area contributed by atoms with Crippen molar-refractivity contribution in [2.75, 3.05) is 13.7 Å². The predicted molar refractivity (Wildman–Crippen MR) is 113 cm³/mol. The number of rotatable bonds is 8. The fourth-order valence-corrected chi connectivity index (χ4v) is 2.41. The summed E-state index contributed by atoms with van der Waals surface area (Å²) in [5, 5.41) is 3.82. The average Bonchev–Trinajstić information content (AvgIpc) is 2.70. The molecule has 6 heteroatoms. The molecule has 0 N–H and O–H groups in total. The van der Waals surface area contributed by atoms with E-state index in [9.17, 15) is 0 Å². The van der Waals surface area contributed by atoms with Crippen LogP contribution in [0.3, 0.4) is 0 Å². The Bertz CT molecular complexity index is 761. The van der Waals surface area contributed by atoms with Crippen LogP contribution in [0.15, 0.2) is 41.8 Å². The summed E-state index contributed by atoms with van der Waals surface area (Å²) in [5.41, 5.74) is 3.56. The van der Waals surface area contributed by atoms with Crippen molar-refractivity contribution in [1.29, 1.82) is 0 Å². The fourth-order valence-electron chi connectivity index (χ4n) is 2.41. The minimum absolute atomic E-state index is 0.390. The fraction of sp³-hybridized carbons (Fsp3) is 0.409. The number of ether oxygens (including phenoxy) is 2. The van der Waals surface area contributed by atoms with Crippen molar-refractivity contribution in [3.8, 4) is 11.5 Å². The van der Waals surface area contributed by atoms with Gasteiger partial charge in [0.15, 0.2) is 5.82 Å². The Balaban J connectivity index is 0.00000190. The number of aryl methyl sites for hydroxylation is 2. The van der Waals surface area contributed by atoms with E-state index in [0.29, 0.717) is 24.7 Å². The third-order valence-corrected chi connectivity index (χ3v) is 3.66. The Morgan fingerprint density at radius 3 is 2.21 bits per heavy atom. The van der Waals surface area contributed by atoms with Crippen molar-refractivity contribution in [3.63, 3.8) is 0 Å². The Labute approximate surface area is 168 Å². The second-order valence-electron chi connectivity index (χ2n) is 5.83. The molecule has 6 nitrogen and oxygen atoms in total. The number of aromatic nitrogens is 2. The lowest BCUT2D eigenvalue weighted by Gasteiger charge is -2.14. The summed E-state index contributed by atoms with van der Waals surface area (Å²) in [6.45, 7) is 12.7. The average molecular weight is 386 g/mol. The van der Waals surface area contributed by atoms with Crippen LogP contribution in [0.4, 0.5) is 0 Å². The number of hydrogen-bond acceptors (Lipinski definition) is 6. The molecule has 2 rings (SSSR count).